The summed E-state index contributed by atoms with van der Waals surface area (Å²) < 4.78 is 1.08. The molecule has 1 aromatic rings. The van der Waals surface area contributed by atoms with Crippen molar-refractivity contribution in [1.82, 2.24) is 0 Å². The maximum atomic E-state index is 10.1. The van der Waals surface area contributed by atoms with E-state index in [1.807, 2.05) is 18.2 Å². The van der Waals surface area contributed by atoms with E-state index in [1.165, 1.54) is 11.6 Å². The van der Waals surface area contributed by atoms with Gasteiger partial charge in [-0.05, 0) is 35.8 Å². The van der Waals surface area contributed by atoms with Crippen LogP contribution in [0.15, 0.2) is 28.7 Å². The normalized spacial score (nSPS) is 10.6. The highest BCUT2D eigenvalue weighted by Crippen LogP contribution is 2.18. The average molecular weight is 239 g/mol. The summed E-state index contributed by atoms with van der Waals surface area (Å²) in [6.07, 6.45) is 5.11. The van der Waals surface area contributed by atoms with E-state index in [9.17, 15) is 4.79 Å². The summed E-state index contributed by atoms with van der Waals surface area (Å²) in [4.78, 5) is 10.1. The van der Waals surface area contributed by atoms with Crippen molar-refractivity contribution in [2.75, 3.05) is 0 Å². The van der Waals surface area contributed by atoms with E-state index in [4.69, 9.17) is 0 Å². The van der Waals surface area contributed by atoms with Crippen LogP contribution in [0.1, 0.15) is 18.1 Å². The molecule has 1 aromatic carbocycles. The second-order valence-electron chi connectivity index (χ2n) is 2.69. The molecule has 0 atom stereocenters. The van der Waals surface area contributed by atoms with E-state index >= 15 is 0 Å². The van der Waals surface area contributed by atoms with Crippen LogP contribution in [-0.2, 0) is 11.2 Å². The van der Waals surface area contributed by atoms with Crippen molar-refractivity contribution in [2.45, 2.75) is 13.3 Å². The fraction of sp³-hybridized carbons (Fsp3) is 0.182. The molecule has 2 heteroatoms. The first-order valence-electron chi connectivity index (χ1n) is 4.18. The number of hydrogen-bond donors (Lipinski definition) is 0. The number of aldehydes is 1. The average Bonchev–Trinajstić information content (AvgIpc) is 2.16. The Kier molecular flexibility index (Phi) is 3.90. The lowest BCUT2D eigenvalue weighted by atomic mass is 10.1. The maximum Gasteiger partial charge on any atom is 0.142 e. The third-order valence-corrected chi connectivity index (χ3v) is 2.33. The molecule has 0 spiro atoms. The van der Waals surface area contributed by atoms with Crippen LogP contribution in [-0.4, -0.2) is 6.29 Å². The minimum absolute atomic E-state index is 0.793. The number of carbonyl (C=O) groups excluding carboxylic acids is 1. The van der Waals surface area contributed by atoms with Gasteiger partial charge in [0.1, 0.15) is 6.29 Å². The van der Waals surface area contributed by atoms with Crippen LogP contribution in [0, 0.1) is 0 Å². The molecule has 0 saturated heterocycles. The molecular weight excluding hydrogens is 228 g/mol. The van der Waals surface area contributed by atoms with Gasteiger partial charge in [-0.3, -0.25) is 4.79 Å². The van der Waals surface area contributed by atoms with Gasteiger partial charge in [0.05, 0.1) is 0 Å². The van der Waals surface area contributed by atoms with E-state index in [0.29, 0.717) is 0 Å². The number of carbonyl (C=O) groups is 1. The molecule has 0 heterocycles. The Morgan fingerprint density at radius 2 is 2.23 bits per heavy atom. The number of halogens is 1. The second-order valence-corrected chi connectivity index (χ2v) is 3.61. The lowest BCUT2D eigenvalue weighted by Crippen LogP contribution is -1.85. The van der Waals surface area contributed by atoms with Gasteiger partial charge in [0.15, 0.2) is 0 Å². The Labute approximate surface area is 86.6 Å². The molecule has 13 heavy (non-hydrogen) atoms. The van der Waals surface area contributed by atoms with Crippen molar-refractivity contribution >= 4 is 28.3 Å². The van der Waals surface area contributed by atoms with Gasteiger partial charge >= 0.3 is 0 Å². The first kappa shape index (κ1) is 10.2. The van der Waals surface area contributed by atoms with Crippen molar-refractivity contribution in [3.63, 3.8) is 0 Å². The second kappa shape index (κ2) is 4.97. The molecule has 0 aliphatic carbocycles. The first-order chi connectivity index (χ1) is 6.27. The van der Waals surface area contributed by atoms with Gasteiger partial charge < -0.3 is 0 Å². The molecule has 0 N–H and O–H groups in total. The topological polar surface area (TPSA) is 17.1 Å². The van der Waals surface area contributed by atoms with Gasteiger partial charge in [0, 0.05) is 4.47 Å². The van der Waals surface area contributed by atoms with E-state index in [0.717, 1.165) is 22.7 Å². The van der Waals surface area contributed by atoms with Gasteiger partial charge in [-0.1, -0.05) is 35.0 Å². The van der Waals surface area contributed by atoms with Gasteiger partial charge in [-0.25, -0.2) is 0 Å². The molecular formula is C11H11BrO. The zero-order chi connectivity index (χ0) is 9.68. The fourth-order valence-corrected chi connectivity index (χ4v) is 1.59. The van der Waals surface area contributed by atoms with Crippen LogP contribution in [0.4, 0.5) is 0 Å². The lowest BCUT2D eigenvalue weighted by Gasteiger charge is -2.02. The van der Waals surface area contributed by atoms with Crippen LogP contribution in [0.2, 0.25) is 0 Å². The van der Waals surface area contributed by atoms with Crippen molar-refractivity contribution in [2.24, 2.45) is 0 Å². The van der Waals surface area contributed by atoms with Gasteiger partial charge in [-0.15, -0.1) is 0 Å². The molecule has 0 aliphatic heterocycles. The van der Waals surface area contributed by atoms with Crippen molar-refractivity contribution in [1.29, 1.82) is 0 Å². The summed E-state index contributed by atoms with van der Waals surface area (Å²) in [6.45, 7) is 2.10. The van der Waals surface area contributed by atoms with Crippen LogP contribution >= 0.6 is 15.9 Å². The predicted molar refractivity (Wildman–Crippen MR) is 58.6 cm³/mol. The largest absolute Gasteiger partial charge is 0.299 e. The van der Waals surface area contributed by atoms with E-state index in [2.05, 4.69) is 28.9 Å². The molecule has 0 amide bonds. The first-order valence-corrected chi connectivity index (χ1v) is 4.97. The van der Waals surface area contributed by atoms with Crippen molar-refractivity contribution in [3.05, 3.63) is 39.9 Å². The number of hydrogen-bond acceptors (Lipinski definition) is 1. The van der Waals surface area contributed by atoms with Crippen molar-refractivity contribution < 1.29 is 4.79 Å². The molecule has 0 saturated carbocycles. The highest BCUT2D eigenvalue weighted by Gasteiger charge is 1.97. The summed E-state index contributed by atoms with van der Waals surface area (Å²) in [5.74, 6) is 0. The Hall–Kier alpha value is -0.890. The van der Waals surface area contributed by atoms with E-state index < -0.39 is 0 Å². The van der Waals surface area contributed by atoms with Crippen LogP contribution in [0.25, 0.3) is 6.08 Å². The van der Waals surface area contributed by atoms with Crippen LogP contribution in [0.5, 0.6) is 0 Å². The van der Waals surface area contributed by atoms with Crippen molar-refractivity contribution in [3.8, 4) is 0 Å². The van der Waals surface area contributed by atoms with Gasteiger partial charge in [-0.2, -0.15) is 0 Å². The molecule has 0 bridgehead atoms. The molecule has 1 nitrogen and oxygen atoms in total. The molecule has 68 valence electrons. The maximum absolute atomic E-state index is 10.1. The molecule has 0 unspecified atom stereocenters. The highest BCUT2D eigenvalue weighted by molar-refractivity contribution is 9.10. The lowest BCUT2D eigenvalue weighted by molar-refractivity contribution is -0.104. The highest BCUT2D eigenvalue weighted by atomic mass is 79.9. The third kappa shape index (κ3) is 2.81. The monoisotopic (exact) mass is 238 g/mol. The zero-order valence-corrected chi connectivity index (χ0v) is 9.04. The summed E-state index contributed by atoms with van der Waals surface area (Å²) in [5.41, 5.74) is 2.35. The fourth-order valence-electron chi connectivity index (χ4n) is 1.19. The molecule has 0 fully saturated rings. The Bertz CT molecular complexity index is 329. The standard InChI is InChI=1S/C11H11BrO/c1-2-9-8-11(12)6-5-10(9)4-3-7-13/h3-8H,2H2,1H3. The quantitative estimate of drug-likeness (QED) is 0.584. The van der Waals surface area contributed by atoms with Crippen LogP contribution < -0.4 is 0 Å². The molecule has 0 aliphatic rings. The smallest absolute Gasteiger partial charge is 0.142 e. The van der Waals surface area contributed by atoms with E-state index in [1.54, 1.807) is 0 Å². The number of rotatable bonds is 3. The van der Waals surface area contributed by atoms with Crippen LogP contribution in [0.3, 0.4) is 0 Å². The summed E-state index contributed by atoms with van der Waals surface area (Å²) in [5, 5.41) is 0. The van der Waals surface area contributed by atoms with Gasteiger partial charge in [0.25, 0.3) is 0 Å². The minimum atomic E-state index is 0.793. The Morgan fingerprint density at radius 3 is 2.85 bits per heavy atom. The minimum Gasteiger partial charge on any atom is -0.299 e. The molecule has 0 aromatic heterocycles. The summed E-state index contributed by atoms with van der Waals surface area (Å²) >= 11 is 3.41. The Balaban J connectivity index is 3.05. The summed E-state index contributed by atoms with van der Waals surface area (Å²) in [7, 11) is 0. The number of allylic oxidation sites excluding steroid dienone is 1. The van der Waals surface area contributed by atoms with Gasteiger partial charge in [0.2, 0.25) is 0 Å². The molecule has 0 radical (unpaired) electrons. The Morgan fingerprint density at radius 1 is 1.46 bits per heavy atom. The number of aryl methyl sites for hydroxylation is 1. The predicted octanol–water partition coefficient (Wildman–Crippen LogP) is 3.22. The van der Waals surface area contributed by atoms with E-state index in [-0.39, 0.29) is 0 Å². The molecule has 1 rings (SSSR count). The third-order valence-electron chi connectivity index (χ3n) is 1.84. The summed E-state index contributed by atoms with van der Waals surface area (Å²) in [6, 6.07) is 6.05. The zero-order valence-electron chi connectivity index (χ0n) is 7.46. The number of benzene rings is 1. The SMILES string of the molecule is CCc1cc(Br)ccc1C=CC=O.